The Bertz CT molecular complexity index is 485. The van der Waals surface area contributed by atoms with Crippen molar-refractivity contribution in [3.05, 3.63) is 28.8 Å². The normalized spacial score (nSPS) is 17.9. The Kier molecular flexibility index (Phi) is 4.89. The molecule has 1 amide bonds. The minimum absolute atomic E-state index is 0.0469. The van der Waals surface area contributed by atoms with Gasteiger partial charge in [0.25, 0.3) is 5.91 Å². The summed E-state index contributed by atoms with van der Waals surface area (Å²) in [7, 11) is 2.07. The van der Waals surface area contributed by atoms with Gasteiger partial charge in [0.15, 0.2) is 6.10 Å². The fourth-order valence-corrected chi connectivity index (χ4v) is 2.35. The molecule has 20 heavy (non-hydrogen) atoms. The van der Waals surface area contributed by atoms with E-state index in [0.717, 1.165) is 31.7 Å². The molecule has 110 valence electrons. The molecule has 1 saturated heterocycles. The van der Waals surface area contributed by atoms with Crippen LogP contribution in [0.3, 0.4) is 0 Å². The summed E-state index contributed by atoms with van der Waals surface area (Å²) in [5.41, 5.74) is 0.948. The largest absolute Gasteiger partial charge is 0.481 e. The molecule has 0 N–H and O–H groups in total. The predicted molar refractivity (Wildman–Crippen MR) is 80.4 cm³/mol. The van der Waals surface area contributed by atoms with Crippen LogP contribution in [0, 0.1) is 6.92 Å². The Morgan fingerprint density at radius 1 is 1.30 bits per heavy atom. The molecule has 4 nitrogen and oxygen atoms in total. The number of carbonyl (C=O) groups excluding carboxylic acids is 1. The van der Waals surface area contributed by atoms with Gasteiger partial charge in [-0.2, -0.15) is 0 Å². The Morgan fingerprint density at radius 3 is 2.55 bits per heavy atom. The number of hydrogen-bond donors (Lipinski definition) is 0. The maximum absolute atomic E-state index is 12.3. The van der Waals surface area contributed by atoms with Gasteiger partial charge in [0, 0.05) is 31.2 Å². The van der Waals surface area contributed by atoms with Crippen molar-refractivity contribution in [2.45, 2.75) is 20.0 Å². The van der Waals surface area contributed by atoms with Gasteiger partial charge in [0.2, 0.25) is 0 Å². The molecule has 0 unspecified atom stereocenters. The van der Waals surface area contributed by atoms with E-state index in [2.05, 4.69) is 11.9 Å². The summed E-state index contributed by atoms with van der Waals surface area (Å²) >= 11 is 5.98. The topological polar surface area (TPSA) is 32.8 Å². The second-order valence-corrected chi connectivity index (χ2v) is 5.71. The Hall–Kier alpha value is -1.26. The van der Waals surface area contributed by atoms with Crippen molar-refractivity contribution < 1.29 is 9.53 Å². The van der Waals surface area contributed by atoms with E-state index in [9.17, 15) is 4.79 Å². The van der Waals surface area contributed by atoms with E-state index >= 15 is 0 Å². The van der Waals surface area contributed by atoms with Crippen LogP contribution in [0.15, 0.2) is 18.2 Å². The molecular formula is C15H21ClN2O2. The lowest BCUT2D eigenvalue weighted by Gasteiger charge is -2.33. The average molecular weight is 297 g/mol. The average Bonchev–Trinajstić information content (AvgIpc) is 2.43. The summed E-state index contributed by atoms with van der Waals surface area (Å²) in [4.78, 5) is 16.4. The first-order chi connectivity index (χ1) is 9.47. The molecule has 0 spiro atoms. The number of likely N-dealkylation sites (N-methyl/N-ethyl adjacent to an activating group) is 1. The Labute approximate surface area is 125 Å². The molecule has 0 radical (unpaired) electrons. The standard InChI is InChI=1S/C15H21ClN2O2/c1-11-10-13(4-5-14(11)16)20-12(2)15(19)18-8-6-17(3)7-9-18/h4-5,10,12H,6-9H2,1-3H3/t12-/m1/s1. The van der Waals surface area contributed by atoms with Crippen LogP contribution < -0.4 is 4.74 Å². The second-order valence-electron chi connectivity index (χ2n) is 5.30. The molecule has 1 aromatic rings. The maximum Gasteiger partial charge on any atom is 0.263 e. The van der Waals surface area contributed by atoms with Gasteiger partial charge in [-0.3, -0.25) is 4.79 Å². The van der Waals surface area contributed by atoms with Crippen LogP contribution in [-0.4, -0.2) is 55.0 Å². The molecular weight excluding hydrogens is 276 g/mol. The van der Waals surface area contributed by atoms with E-state index in [-0.39, 0.29) is 5.91 Å². The zero-order valence-corrected chi connectivity index (χ0v) is 13.0. The summed E-state index contributed by atoms with van der Waals surface area (Å²) in [6.45, 7) is 7.08. The number of hydrogen-bond acceptors (Lipinski definition) is 3. The summed E-state index contributed by atoms with van der Waals surface area (Å²) < 4.78 is 5.73. The molecule has 0 bridgehead atoms. The smallest absolute Gasteiger partial charge is 0.263 e. The number of halogens is 1. The molecule has 0 aromatic heterocycles. The number of aryl methyl sites for hydroxylation is 1. The minimum Gasteiger partial charge on any atom is -0.481 e. The summed E-state index contributed by atoms with van der Waals surface area (Å²) in [6.07, 6.45) is -0.473. The molecule has 1 aliphatic rings. The molecule has 0 aliphatic carbocycles. The van der Waals surface area contributed by atoms with E-state index in [1.54, 1.807) is 19.1 Å². The number of amides is 1. The van der Waals surface area contributed by atoms with Crippen molar-refractivity contribution >= 4 is 17.5 Å². The van der Waals surface area contributed by atoms with Crippen LogP contribution in [0.2, 0.25) is 5.02 Å². The monoisotopic (exact) mass is 296 g/mol. The molecule has 1 atom stereocenters. The van der Waals surface area contributed by atoms with Gasteiger partial charge in [-0.05, 0) is 44.7 Å². The molecule has 1 fully saturated rings. The highest BCUT2D eigenvalue weighted by atomic mass is 35.5. The first-order valence-electron chi connectivity index (χ1n) is 6.87. The highest BCUT2D eigenvalue weighted by molar-refractivity contribution is 6.31. The van der Waals surface area contributed by atoms with Crippen molar-refractivity contribution in [3.63, 3.8) is 0 Å². The summed E-state index contributed by atoms with van der Waals surface area (Å²) in [6, 6.07) is 5.44. The van der Waals surface area contributed by atoms with Crippen molar-refractivity contribution in [1.29, 1.82) is 0 Å². The Balaban J connectivity index is 1.95. The number of rotatable bonds is 3. The molecule has 2 rings (SSSR count). The van der Waals surface area contributed by atoms with E-state index < -0.39 is 6.10 Å². The van der Waals surface area contributed by atoms with Gasteiger partial charge in [-0.25, -0.2) is 0 Å². The maximum atomic E-state index is 12.3. The number of benzene rings is 1. The van der Waals surface area contributed by atoms with Gasteiger partial charge in [-0.15, -0.1) is 0 Å². The SMILES string of the molecule is Cc1cc(O[C@H](C)C(=O)N2CCN(C)CC2)ccc1Cl. The predicted octanol–water partition coefficient (Wildman–Crippen LogP) is 2.19. The van der Waals surface area contributed by atoms with Crippen LogP contribution in [-0.2, 0) is 4.79 Å². The van der Waals surface area contributed by atoms with Gasteiger partial charge >= 0.3 is 0 Å². The van der Waals surface area contributed by atoms with Crippen LogP contribution in [0.4, 0.5) is 0 Å². The van der Waals surface area contributed by atoms with Gasteiger partial charge in [-0.1, -0.05) is 11.6 Å². The zero-order valence-electron chi connectivity index (χ0n) is 12.2. The van der Waals surface area contributed by atoms with E-state index in [1.165, 1.54) is 0 Å². The highest BCUT2D eigenvalue weighted by Gasteiger charge is 2.24. The third-order valence-electron chi connectivity index (χ3n) is 3.60. The second kappa shape index (κ2) is 6.46. The van der Waals surface area contributed by atoms with Crippen molar-refractivity contribution in [2.75, 3.05) is 33.2 Å². The summed E-state index contributed by atoms with van der Waals surface area (Å²) in [5, 5.41) is 0.704. The van der Waals surface area contributed by atoms with Crippen LogP contribution in [0.1, 0.15) is 12.5 Å². The van der Waals surface area contributed by atoms with Gasteiger partial charge in [0.1, 0.15) is 5.75 Å². The molecule has 1 aromatic carbocycles. The van der Waals surface area contributed by atoms with Gasteiger partial charge in [0.05, 0.1) is 0 Å². The van der Waals surface area contributed by atoms with Crippen molar-refractivity contribution in [1.82, 2.24) is 9.80 Å². The zero-order chi connectivity index (χ0) is 14.7. The Morgan fingerprint density at radius 2 is 1.95 bits per heavy atom. The number of carbonyl (C=O) groups is 1. The third kappa shape index (κ3) is 3.64. The quantitative estimate of drug-likeness (QED) is 0.857. The minimum atomic E-state index is -0.473. The molecule has 1 aliphatic heterocycles. The highest BCUT2D eigenvalue weighted by Crippen LogP contribution is 2.22. The van der Waals surface area contributed by atoms with E-state index in [4.69, 9.17) is 16.3 Å². The number of piperazine rings is 1. The first kappa shape index (κ1) is 15.1. The lowest BCUT2D eigenvalue weighted by molar-refractivity contribution is -0.139. The number of nitrogens with zero attached hydrogens (tertiary/aromatic N) is 2. The molecule has 5 heteroatoms. The third-order valence-corrected chi connectivity index (χ3v) is 4.03. The number of ether oxygens (including phenoxy) is 1. The fourth-order valence-electron chi connectivity index (χ4n) is 2.23. The van der Waals surface area contributed by atoms with Crippen molar-refractivity contribution in [3.8, 4) is 5.75 Å². The van der Waals surface area contributed by atoms with Crippen LogP contribution >= 0.6 is 11.6 Å². The lowest BCUT2D eigenvalue weighted by Crippen LogP contribution is -2.50. The molecule has 1 heterocycles. The fraction of sp³-hybridized carbons (Fsp3) is 0.533. The summed E-state index contributed by atoms with van der Waals surface area (Å²) in [5.74, 6) is 0.729. The first-order valence-corrected chi connectivity index (χ1v) is 7.25. The van der Waals surface area contributed by atoms with Crippen molar-refractivity contribution in [2.24, 2.45) is 0 Å². The van der Waals surface area contributed by atoms with Crippen LogP contribution in [0.25, 0.3) is 0 Å². The van der Waals surface area contributed by atoms with Crippen LogP contribution in [0.5, 0.6) is 5.75 Å². The van der Waals surface area contributed by atoms with Gasteiger partial charge < -0.3 is 14.5 Å². The lowest BCUT2D eigenvalue weighted by atomic mass is 10.2. The van der Waals surface area contributed by atoms with E-state index in [1.807, 2.05) is 17.9 Å². The molecule has 0 saturated carbocycles. The van der Waals surface area contributed by atoms with E-state index in [0.29, 0.717) is 10.8 Å².